The number of benzene rings is 2. The molecule has 9 heteroatoms. The first-order valence-electron chi connectivity index (χ1n) is 10.9. The summed E-state index contributed by atoms with van der Waals surface area (Å²) in [7, 11) is 1.25. The van der Waals surface area contributed by atoms with Crippen LogP contribution in [0.2, 0.25) is 0 Å². The van der Waals surface area contributed by atoms with E-state index in [1.807, 2.05) is 42.6 Å². The fourth-order valence-corrected chi connectivity index (χ4v) is 3.83. The summed E-state index contributed by atoms with van der Waals surface area (Å²) >= 11 is 0. The second kappa shape index (κ2) is 9.70. The van der Waals surface area contributed by atoms with E-state index in [0.29, 0.717) is 17.7 Å². The monoisotopic (exact) mass is 459 g/mol. The Hall–Kier alpha value is -4.27. The van der Waals surface area contributed by atoms with Crippen molar-refractivity contribution in [3.8, 4) is 0 Å². The number of anilines is 1. The molecule has 0 bridgehead atoms. The highest BCUT2D eigenvalue weighted by Crippen LogP contribution is 2.23. The molecule has 0 aliphatic rings. The van der Waals surface area contributed by atoms with E-state index in [1.54, 1.807) is 24.3 Å². The maximum Gasteiger partial charge on any atom is 0.325 e. The Labute approximate surface area is 196 Å². The van der Waals surface area contributed by atoms with Crippen molar-refractivity contribution in [1.29, 1.82) is 0 Å². The first-order valence-corrected chi connectivity index (χ1v) is 10.9. The van der Waals surface area contributed by atoms with Crippen molar-refractivity contribution in [1.82, 2.24) is 19.9 Å². The first-order chi connectivity index (χ1) is 16.4. The van der Waals surface area contributed by atoms with Crippen LogP contribution in [-0.2, 0) is 20.7 Å². The fourth-order valence-electron chi connectivity index (χ4n) is 3.83. The Morgan fingerprint density at radius 1 is 1.03 bits per heavy atom. The molecule has 0 atom stereocenters. The van der Waals surface area contributed by atoms with Gasteiger partial charge in [0.1, 0.15) is 6.54 Å². The number of carbonyl (C=O) groups excluding carboxylic acids is 3. The average Bonchev–Trinajstić information content (AvgIpc) is 3.21. The molecule has 2 heterocycles. The Bertz CT molecular complexity index is 1390. The molecule has 4 rings (SSSR count). The summed E-state index contributed by atoms with van der Waals surface area (Å²) in [6.07, 6.45) is 0.799. The number of hydrogen-bond donors (Lipinski definition) is 2. The predicted molar refractivity (Wildman–Crippen MR) is 128 cm³/mol. The van der Waals surface area contributed by atoms with Gasteiger partial charge in [-0.3, -0.25) is 14.4 Å². The lowest BCUT2D eigenvalue weighted by molar-refractivity contribution is -0.139. The zero-order valence-corrected chi connectivity index (χ0v) is 19.2. The van der Waals surface area contributed by atoms with Crippen molar-refractivity contribution in [2.45, 2.75) is 26.7 Å². The summed E-state index contributed by atoms with van der Waals surface area (Å²) in [5.41, 5.74) is 5.49. The number of rotatable bonds is 7. The zero-order chi connectivity index (χ0) is 24.2. The van der Waals surface area contributed by atoms with E-state index in [1.165, 1.54) is 7.11 Å². The van der Waals surface area contributed by atoms with E-state index in [9.17, 15) is 14.4 Å². The number of amides is 2. The van der Waals surface area contributed by atoms with E-state index >= 15 is 0 Å². The van der Waals surface area contributed by atoms with Gasteiger partial charge in [-0.1, -0.05) is 12.1 Å². The number of nitrogens with one attached hydrogen (secondary N) is 2. The van der Waals surface area contributed by atoms with E-state index < -0.39 is 11.9 Å². The van der Waals surface area contributed by atoms with Crippen molar-refractivity contribution in [3.05, 3.63) is 71.0 Å². The lowest BCUT2D eigenvalue weighted by atomic mass is 10.1. The van der Waals surface area contributed by atoms with Crippen LogP contribution in [0.5, 0.6) is 0 Å². The quantitative estimate of drug-likeness (QED) is 0.411. The van der Waals surface area contributed by atoms with E-state index in [4.69, 9.17) is 4.98 Å². The second-order valence-electron chi connectivity index (χ2n) is 7.90. The van der Waals surface area contributed by atoms with Crippen molar-refractivity contribution in [2.75, 3.05) is 19.0 Å². The number of ether oxygens (including phenoxy) is 1. The lowest BCUT2D eigenvalue weighted by Crippen LogP contribution is -2.30. The van der Waals surface area contributed by atoms with Crippen LogP contribution < -0.4 is 10.6 Å². The molecular weight excluding hydrogens is 434 g/mol. The fraction of sp³-hybridized carbons (Fsp3) is 0.240. The molecule has 9 nitrogen and oxygen atoms in total. The first kappa shape index (κ1) is 22.9. The smallest absolute Gasteiger partial charge is 0.325 e. The Kier molecular flexibility index (Phi) is 6.53. The third kappa shape index (κ3) is 4.73. The average molecular weight is 460 g/mol. The third-order valence-electron chi connectivity index (χ3n) is 5.67. The van der Waals surface area contributed by atoms with Crippen LogP contribution in [0.25, 0.3) is 16.6 Å². The van der Waals surface area contributed by atoms with Gasteiger partial charge < -0.3 is 15.4 Å². The third-order valence-corrected chi connectivity index (χ3v) is 5.67. The summed E-state index contributed by atoms with van der Waals surface area (Å²) in [6, 6.07) is 14.3. The van der Waals surface area contributed by atoms with Crippen LogP contribution in [0.1, 0.15) is 33.7 Å². The summed E-state index contributed by atoms with van der Waals surface area (Å²) in [5, 5.41) is 11.0. The number of aromatic nitrogens is 3. The molecule has 0 radical (unpaired) electrons. The minimum atomic E-state index is -0.530. The maximum atomic E-state index is 12.6. The molecule has 2 amide bonds. The molecular formula is C25H25N5O4. The number of hydrogen-bond acceptors (Lipinski definition) is 6. The van der Waals surface area contributed by atoms with E-state index in [-0.39, 0.29) is 18.9 Å². The SMILES string of the molecule is COC(=O)CNC(=O)c1ccc(NC(=O)CCc2c(C)nc3c4ccccc4nn3c2C)cc1. The van der Waals surface area contributed by atoms with Crippen LogP contribution >= 0.6 is 0 Å². The van der Waals surface area contributed by atoms with Gasteiger partial charge in [0, 0.05) is 34.4 Å². The minimum Gasteiger partial charge on any atom is -0.468 e. The highest BCUT2D eigenvalue weighted by atomic mass is 16.5. The molecule has 2 aromatic carbocycles. The van der Waals surface area contributed by atoms with Gasteiger partial charge in [-0.15, -0.1) is 0 Å². The van der Waals surface area contributed by atoms with Crippen molar-refractivity contribution >= 4 is 40.0 Å². The second-order valence-corrected chi connectivity index (χ2v) is 7.90. The largest absolute Gasteiger partial charge is 0.468 e. The number of carbonyl (C=O) groups is 3. The molecule has 0 fully saturated rings. The topological polar surface area (TPSA) is 115 Å². The van der Waals surface area contributed by atoms with Crippen LogP contribution in [0, 0.1) is 13.8 Å². The number of nitrogens with zero attached hydrogens (tertiary/aromatic N) is 3. The van der Waals surface area contributed by atoms with Gasteiger partial charge >= 0.3 is 5.97 Å². The number of esters is 1. The molecule has 174 valence electrons. The zero-order valence-electron chi connectivity index (χ0n) is 19.2. The predicted octanol–water partition coefficient (Wildman–Crippen LogP) is 2.97. The molecule has 0 saturated carbocycles. The molecule has 2 aromatic heterocycles. The number of aryl methyl sites for hydroxylation is 2. The van der Waals surface area contributed by atoms with Gasteiger partial charge in [0.2, 0.25) is 5.91 Å². The lowest BCUT2D eigenvalue weighted by Gasteiger charge is -2.11. The Morgan fingerprint density at radius 2 is 1.76 bits per heavy atom. The molecule has 4 aromatic rings. The highest BCUT2D eigenvalue weighted by Gasteiger charge is 2.15. The summed E-state index contributed by atoms with van der Waals surface area (Å²) in [5.74, 6) is -1.08. The number of methoxy groups -OCH3 is 1. The van der Waals surface area contributed by atoms with Gasteiger partial charge in [0.15, 0.2) is 5.65 Å². The van der Waals surface area contributed by atoms with Crippen molar-refractivity contribution in [2.24, 2.45) is 0 Å². The van der Waals surface area contributed by atoms with Gasteiger partial charge in [-0.2, -0.15) is 5.10 Å². The minimum absolute atomic E-state index is 0.146. The summed E-state index contributed by atoms with van der Waals surface area (Å²) in [6.45, 7) is 3.73. The summed E-state index contributed by atoms with van der Waals surface area (Å²) in [4.78, 5) is 40.5. The van der Waals surface area contributed by atoms with Crippen LogP contribution in [-0.4, -0.2) is 46.0 Å². The summed E-state index contributed by atoms with van der Waals surface area (Å²) < 4.78 is 6.34. The van der Waals surface area contributed by atoms with Crippen LogP contribution in [0.4, 0.5) is 5.69 Å². The molecule has 0 aliphatic carbocycles. The molecule has 34 heavy (non-hydrogen) atoms. The number of fused-ring (bicyclic) bond motifs is 3. The normalized spacial score (nSPS) is 10.9. The van der Waals surface area contributed by atoms with Gasteiger partial charge in [-0.25, -0.2) is 9.50 Å². The van der Waals surface area contributed by atoms with Crippen molar-refractivity contribution in [3.63, 3.8) is 0 Å². The maximum absolute atomic E-state index is 12.6. The van der Waals surface area contributed by atoms with Gasteiger partial charge in [0.05, 0.1) is 12.6 Å². The Morgan fingerprint density at radius 3 is 2.50 bits per heavy atom. The van der Waals surface area contributed by atoms with Gasteiger partial charge in [-0.05, 0) is 62.2 Å². The Balaban J connectivity index is 1.40. The molecule has 0 spiro atoms. The molecule has 0 aliphatic heterocycles. The standard InChI is InChI=1S/C25H25N5O4/c1-15-19(16(2)30-24(27-15)20-6-4-5-7-21(20)29-30)12-13-22(31)28-18-10-8-17(9-11-18)25(33)26-14-23(32)34-3/h4-11H,12-14H2,1-3H3,(H,26,33)(H,28,31). The van der Waals surface area contributed by atoms with Crippen LogP contribution in [0.3, 0.4) is 0 Å². The van der Waals surface area contributed by atoms with Gasteiger partial charge in [0.25, 0.3) is 5.91 Å². The molecule has 0 unspecified atom stereocenters. The molecule has 2 N–H and O–H groups in total. The van der Waals surface area contributed by atoms with Crippen LogP contribution in [0.15, 0.2) is 48.5 Å². The molecule has 0 saturated heterocycles. The van der Waals surface area contributed by atoms with Crippen molar-refractivity contribution < 1.29 is 19.1 Å². The highest BCUT2D eigenvalue weighted by molar-refractivity contribution is 5.97. The van der Waals surface area contributed by atoms with E-state index in [0.717, 1.165) is 33.5 Å². The van der Waals surface area contributed by atoms with E-state index in [2.05, 4.69) is 20.5 Å².